The molecule has 1 aromatic heterocycles. The quantitative estimate of drug-likeness (QED) is 0.913. The summed E-state index contributed by atoms with van der Waals surface area (Å²) in [6.45, 7) is 8.53. The first kappa shape index (κ1) is 15.3. The summed E-state index contributed by atoms with van der Waals surface area (Å²) in [7, 11) is 0. The first-order valence-corrected chi connectivity index (χ1v) is 7.91. The first-order valence-electron chi connectivity index (χ1n) is 7.03. The summed E-state index contributed by atoms with van der Waals surface area (Å²) in [4.78, 5) is 14.9. The van der Waals surface area contributed by atoms with Crippen LogP contribution in [0.1, 0.15) is 44.1 Å². The van der Waals surface area contributed by atoms with Crippen molar-refractivity contribution in [3.05, 3.63) is 21.9 Å². The molecule has 20 heavy (non-hydrogen) atoms. The third kappa shape index (κ3) is 3.52. The van der Waals surface area contributed by atoms with Gasteiger partial charge in [-0.2, -0.15) is 0 Å². The van der Waals surface area contributed by atoms with Crippen LogP contribution in [-0.2, 0) is 11.2 Å². The molecule has 0 aromatic carbocycles. The van der Waals surface area contributed by atoms with Crippen LogP contribution < -0.4 is 0 Å². The van der Waals surface area contributed by atoms with Gasteiger partial charge in [0.2, 0.25) is 0 Å². The molecule has 0 saturated carbocycles. The lowest BCUT2D eigenvalue weighted by atomic mass is 9.99. The Kier molecular flexibility index (Phi) is 4.39. The summed E-state index contributed by atoms with van der Waals surface area (Å²) >= 11 is 1.71. The number of hydrogen-bond donors (Lipinski definition) is 1. The zero-order valence-corrected chi connectivity index (χ0v) is 13.4. The van der Waals surface area contributed by atoms with Gasteiger partial charge in [-0.3, -0.25) is 0 Å². The molecule has 1 amide bonds. The van der Waals surface area contributed by atoms with Crippen molar-refractivity contribution in [3.63, 3.8) is 0 Å². The molecule has 1 fully saturated rings. The van der Waals surface area contributed by atoms with Gasteiger partial charge in [0.05, 0.1) is 12.6 Å². The first-order chi connectivity index (χ1) is 9.30. The minimum absolute atomic E-state index is 0.000863. The van der Waals surface area contributed by atoms with Crippen molar-refractivity contribution in [1.82, 2.24) is 4.90 Å². The molecule has 0 aliphatic carbocycles. The summed E-state index contributed by atoms with van der Waals surface area (Å²) in [5.74, 6) is -0.000863. The molecular formula is C15H23NO3S. The SMILES string of the molecule is CCc1cc(C2CN(C(=O)OC(C)(C)C)CC2O)cs1. The van der Waals surface area contributed by atoms with E-state index in [1.165, 1.54) is 4.88 Å². The van der Waals surface area contributed by atoms with E-state index < -0.39 is 11.7 Å². The molecule has 0 radical (unpaired) electrons. The number of β-amino-alcohol motifs (C(OH)–C–C–N with tert-alkyl or cyclic N) is 1. The molecule has 1 aromatic rings. The number of aryl methyl sites for hydroxylation is 1. The van der Waals surface area contributed by atoms with Crippen LogP contribution in [0.3, 0.4) is 0 Å². The van der Waals surface area contributed by atoms with Gasteiger partial charge in [0.1, 0.15) is 5.60 Å². The monoisotopic (exact) mass is 297 g/mol. The molecule has 2 unspecified atom stereocenters. The maximum Gasteiger partial charge on any atom is 0.410 e. The van der Waals surface area contributed by atoms with Crippen molar-refractivity contribution in [1.29, 1.82) is 0 Å². The summed E-state index contributed by atoms with van der Waals surface area (Å²) in [6, 6.07) is 2.14. The molecule has 1 N–H and O–H groups in total. The van der Waals surface area contributed by atoms with Crippen molar-refractivity contribution < 1.29 is 14.6 Å². The van der Waals surface area contributed by atoms with Crippen LogP contribution in [0, 0.1) is 0 Å². The Balaban J connectivity index is 2.03. The van der Waals surface area contributed by atoms with Gasteiger partial charge in [-0.05, 0) is 44.2 Å². The highest BCUT2D eigenvalue weighted by Gasteiger charge is 2.37. The molecular weight excluding hydrogens is 274 g/mol. The van der Waals surface area contributed by atoms with E-state index in [1.807, 2.05) is 20.8 Å². The zero-order valence-electron chi connectivity index (χ0n) is 12.5. The zero-order chi connectivity index (χ0) is 14.9. The van der Waals surface area contributed by atoms with Gasteiger partial charge in [-0.15, -0.1) is 11.3 Å². The fourth-order valence-corrected chi connectivity index (χ4v) is 3.27. The summed E-state index contributed by atoms with van der Waals surface area (Å²) in [5, 5.41) is 12.3. The normalized spacial score (nSPS) is 23.1. The van der Waals surface area contributed by atoms with Crippen molar-refractivity contribution in [3.8, 4) is 0 Å². The fraction of sp³-hybridized carbons (Fsp3) is 0.667. The molecule has 2 atom stereocenters. The predicted molar refractivity (Wildman–Crippen MR) is 80.3 cm³/mol. The number of rotatable bonds is 2. The highest BCUT2D eigenvalue weighted by Crippen LogP contribution is 2.31. The van der Waals surface area contributed by atoms with Gasteiger partial charge >= 0.3 is 6.09 Å². The lowest BCUT2D eigenvalue weighted by Gasteiger charge is -2.24. The number of thiophene rings is 1. The Morgan fingerprint density at radius 3 is 2.75 bits per heavy atom. The summed E-state index contributed by atoms with van der Waals surface area (Å²) < 4.78 is 5.36. The van der Waals surface area contributed by atoms with Crippen LogP contribution >= 0.6 is 11.3 Å². The van der Waals surface area contributed by atoms with Crippen LogP contribution in [-0.4, -0.2) is 40.9 Å². The summed E-state index contributed by atoms with van der Waals surface area (Å²) in [5.41, 5.74) is 0.628. The number of aliphatic hydroxyl groups excluding tert-OH is 1. The fourth-order valence-electron chi connectivity index (χ4n) is 2.37. The molecule has 112 valence electrons. The maximum atomic E-state index is 12.0. The molecule has 0 spiro atoms. The number of amides is 1. The largest absolute Gasteiger partial charge is 0.444 e. The van der Waals surface area contributed by atoms with E-state index in [1.54, 1.807) is 16.2 Å². The molecule has 2 rings (SSSR count). The van der Waals surface area contributed by atoms with E-state index >= 15 is 0 Å². The van der Waals surface area contributed by atoms with Crippen LogP contribution in [0.15, 0.2) is 11.4 Å². The predicted octanol–water partition coefficient (Wildman–Crippen LogP) is 3.01. The standard InChI is InChI=1S/C15H23NO3S/c1-5-11-6-10(9-20-11)12-7-16(8-13(12)17)14(18)19-15(2,3)4/h6,9,12-13,17H,5,7-8H2,1-4H3. The molecule has 0 bridgehead atoms. The molecule has 1 saturated heterocycles. The van der Waals surface area contributed by atoms with E-state index in [0.29, 0.717) is 13.1 Å². The van der Waals surface area contributed by atoms with E-state index in [4.69, 9.17) is 4.74 Å². The Hall–Kier alpha value is -1.07. The van der Waals surface area contributed by atoms with Crippen LogP contribution in [0.25, 0.3) is 0 Å². The van der Waals surface area contributed by atoms with E-state index in [-0.39, 0.29) is 12.0 Å². The molecule has 5 heteroatoms. The number of ether oxygens (including phenoxy) is 1. The van der Waals surface area contributed by atoms with Gasteiger partial charge in [-0.25, -0.2) is 4.79 Å². The maximum absolute atomic E-state index is 12.0. The molecule has 2 heterocycles. The number of aliphatic hydroxyl groups is 1. The van der Waals surface area contributed by atoms with Gasteiger partial charge in [-0.1, -0.05) is 6.92 Å². The van der Waals surface area contributed by atoms with Crippen LogP contribution in [0.4, 0.5) is 4.79 Å². The highest BCUT2D eigenvalue weighted by molar-refractivity contribution is 7.10. The second kappa shape index (κ2) is 5.74. The minimum atomic E-state index is -0.512. The molecule has 1 aliphatic rings. The smallest absolute Gasteiger partial charge is 0.410 e. The average molecular weight is 297 g/mol. The molecule has 1 aliphatic heterocycles. The van der Waals surface area contributed by atoms with Crippen LogP contribution in [0.2, 0.25) is 0 Å². The van der Waals surface area contributed by atoms with Gasteiger partial charge in [0, 0.05) is 17.3 Å². The van der Waals surface area contributed by atoms with Crippen molar-refractivity contribution in [2.75, 3.05) is 13.1 Å². The minimum Gasteiger partial charge on any atom is -0.444 e. The highest BCUT2D eigenvalue weighted by atomic mass is 32.1. The van der Waals surface area contributed by atoms with Crippen molar-refractivity contribution in [2.45, 2.75) is 51.7 Å². The summed E-state index contributed by atoms with van der Waals surface area (Å²) in [6.07, 6.45) is 0.148. The van der Waals surface area contributed by atoms with Crippen LogP contribution in [0.5, 0.6) is 0 Å². The molecule has 4 nitrogen and oxygen atoms in total. The van der Waals surface area contributed by atoms with Crippen molar-refractivity contribution >= 4 is 17.4 Å². The Bertz CT molecular complexity index is 478. The average Bonchev–Trinajstić information content (AvgIpc) is 2.92. The second-order valence-corrected chi connectivity index (χ2v) is 7.25. The van der Waals surface area contributed by atoms with E-state index in [2.05, 4.69) is 18.4 Å². The topological polar surface area (TPSA) is 49.8 Å². The third-order valence-electron chi connectivity index (χ3n) is 3.39. The van der Waals surface area contributed by atoms with Gasteiger partial charge < -0.3 is 14.7 Å². The number of hydrogen-bond acceptors (Lipinski definition) is 4. The number of carbonyl (C=O) groups is 1. The number of likely N-dealkylation sites (tertiary alicyclic amines) is 1. The van der Waals surface area contributed by atoms with Gasteiger partial charge in [0.25, 0.3) is 0 Å². The Morgan fingerprint density at radius 1 is 1.50 bits per heavy atom. The van der Waals surface area contributed by atoms with Gasteiger partial charge in [0.15, 0.2) is 0 Å². The Labute approximate surface area is 124 Å². The van der Waals surface area contributed by atoms with E-state index in [0.717, 1.165) is 12.0 Å². The van der Waals surface area contributed by atoms with E-state index in [9.17, 15) is 9.90 Å². The lowest BCUT2D eigenvalue weighted by Crippen LogP contribution is -2.35. The second-order valence-electron chi connectivity index (χ2n) is 6.26. The lowest BCUT2D eigenvalue weighted by molar-refractivity contribution is 0.0270. The third-order valence-corrected chi connectivity index (χ3v) is 4.49. The Morgan fingerprint density at radius 2 is 2.20 bits per heavy atom. The number of carbonyl (C=O) groups excluding carboxylic acids is 1. The van der Waals surface area contributed by atoms with Crippen molar-refractivity contribution in [2.24, 2.45) is 0 Å². The number of nitrogens with zero attached hydrogens (tertiary/aromatic N) is 1.